The molecular formula is C15H27F. The Morgan fingerprint density at radius 1 is 1.50 bits per heavy atom. The lowest BCUT2D eigenvalue weighted by Crippen LogP contribution is -2.27. The molecule has 1 aliphatic carbocycles. The quantitative estimate of drug-likeness (QED) is 0.559. The lowest BCUT2D eigenvalue weighted by Gasteiger charge is -2.38. The monoisotopic (exact) mass is 226 g/mol. The molecule has 1 rings (SSSR count). The van der Waals surface area contributed by atoms with Crippen molar-refractivity contribution in [1.82, 2.24) is 0 Å². The highest BCUT2D eigenvalue weighted by molar-refractivity contribution is 5.14. The highest BCUT2D eigenvalue weighted by Crippen LogP contribution is 2.44. The summed E-state index contributed by atoms with van der Waals surface area (Å²) in [5.74, 6) is 0.699. The maximum atomic E-state index is 13.7. The van der Waals surface area contributed by atoms with E-state index in [0.29, 0.717) is 12.3 Å². The minimum atomic E-state index is -0.621. The van der Waals surface area contributed by atoms with Crippen LogP contribution in [-0.4, -0.2) is 6.17 Å². The number of rotatable bonds is 5. The molecule has 0 saturated carbocycles. The molecule has 0 spiro atoms. The van der Waals surface area contributed by atoms with Gasteiger partial charge in [-0.1, -0.05) is 38.8 Å². The van der Waals surface area contributed by atoms with Crippen LogP contribution in [0.3, 0.4) is 0 Å². The van der Waals surface area contributed by atoms with Gasteiger partial charge in [0.15, 0.2) is 0 Å². The summed E-state index contributed by atoms with van der Waals surface area (Å²) < 4.78 is 13.7. The number of hydrogen-bond donors (Lipinski definition) is 0. The van der Waals surface area contributed by atoms with E-state index in [0.717, 1.165) is 19.3 Å². The first-order chi connectivity index (χ1) is 7.53. The summed E-state index contributed by atoms with van der Waals surface area (Å²) in [6, 6.07) is 0. The van der Waals surface area contributed by atoms with E-state index in [1.54, 1.807) is 0 Å². The van der Waals surface area contributed by atoms with Crippen molar-refractivity contribution in [1.29, 1.82) is 0 Å². The zero-order chi connectivity index (χ0) is 12.2. The van der Waals surface area contributed by atoms with Crippen molar-refractivity contribution in [3.63, 3.8) is 0 Å². The van der Waals surface area contributed by atoms with Crippen LogP contribution >= 0.6 is 0 Å². The van der Waals surface area contributed by atoms with E-state index >= 15 is 0 Å². The molecule has 0 aliphatic heterocycles. The lowest BCUT2D eigenvalue weighted by molar-refractivity contribution is 0.173. The standard InChI is InChI=1S/C15H27F/c1-5-8-15(11-14(16)6-2)9-7-12(3)13(4)10-15/h10,12,14H,5-9,11H2,1-4H3/t12-,14+,15-/m1/s1. The summed E-state index contributed by atoms with van der Waals surface area (Å²) >= 11 is 0. The first-order valence-electron chi connectivity index (χ1n) is 6.86. The summed E-state index contributed by atoms with van der Waals surface area (Å²) in [6.07, 6.45) is 7.90. The van der Waals surface area contributed by atoms with E-state index in [9.17, 15) is 4.39 Å². The van der Waals surface area contributed by atoms with Crippen LogP contribution in [0.2, 0.25) is 0 Å². The van der Waals surface area contributed by atoms with Gasteiger partial charge in [-0.3, -0.25) is 0 Å². The van der Waals surface area contributed by atoms with Gasteiger partial charge in [-0.25, -0.2) is 4.39 Å². The summed E-state index contributed by atoms with van der Waals surface area (Å²) in [5.41, 5.74) is 1.64. The molecule has 0 nitrogen and oxygen atoms in total. The van der Waals surface area contributed by atoms with Gasteiger partial charge in [0.2, 0.25) is 0 Å². The van der Waals surface area contributed by atoms with Crippen molar-refractivity contribution < 1.29 is 4.39 Å². The SMILES string of the molecule is CCC[C@]1(C[C@@H](F)CC)C=C(C)[C@H](C)CC1. The number of allylic oxidation sites excluding steroid dienone is 2. The lowest BCUT2D eigenvalue weighted by atomic mass is 9.68. The zero-order valence-electron chi connectivity index (χ0n) is 11.4. The minimum absolute atomic E-state index is 0.167. The van der Waals surface area contributed by atoms with Crippen LogP contribution in [0.15, 0.2) is 11.6 Å². The van der Waals surface area contributed by atoms with Gasteiger partial charge in [0.1, 0.15) is 6.17 Å². The third-order valence-electron chi connectivity index (χ3n) is 4.21. The first-order valence-corrected chi connectivity index (χ1v) is 6.86. The van der Waals surface area contributed by atoms with Gasteiger partial charge in [0.25, 0.3) is 0 Å². The summed E-state index contributed by atoms with van der Waals surface area (Å²) in [5, 5.41) is 0. The topological polar surface area (TPSA) is 0 Å². The summed E-state index contributed by atoms with van der Waals surface area (Å²) in [7, 11) is 0. The fourth-order valence-electron chi connectivity index (χ4n) is 2.97. The van der Waals surface area contributed by atoms with E-state index in [4.69, 9.17) is 0 Å². The third kappa shape index (κ3) is 3.33. The summed E-state index contributed by atoms with van der Waals surface area (Å²) in [6.45, 7) is 8.66. The number of halogens is 1. The van der Waals surface area contributed by atoms with Crippen LogP contribution in [0.25, 0.3) is 0 Å². The van der Waals surface area contributed by atoms with E-state index < -0.39 is 6.17 Å². The normalized spacial score (nSPS) is 32.3. The third-order valence-corrected chi connectivity index (χ3v) is 4.21. The minimum Gasteiger partial charge on any atom is -0.247 e. The van der Waals surface area contributed by atoms with E-state index in [2.05, 4.69) is 26.8 Å². The predicted molar refractivity (Wildman–Crippen MR) is 69.3 cm³/mol. The molecule has 0 heterocycles. The van der Waals surface area contributed by atoms with Crippen molar-refractivity contribution in [3.8, 4) is 0 Å². The van der Waals surface area contributed by atoms with Gasteiger partial charge in [0.05, 0.1) is 0 Å². The molecule has 0 aromatic carbocycles. The molecule has 0 unspecified atom stereocenters. The molecule has 0 N–H and O–H groups in total. The van der Waals surface area contributed by atoms with E-state index in [1.165, 1.54) is 18.4 Å². The average molecular weight is 226 g/mol. The number of alkyl halides is 1. The molecule has 0 radical (unpaired) electrons. The molecule has 16 heavy (non-hydrogen) atoms. The van der Waals surface area contributed by atoms with Crippen LogP contribution in [0.4, 0.5) is 4.39 Å². The van der Waals surface area contributed by atoms with Crippen molar-refractivity contribution in [3.05, 3.63) is 11.6 Å². The molecule has 0 fully saturated rings. The first kappa shape index (κ1) is 13.7. The smallest absolute Gasteiger partial charge is 0.101 e. The van der Waals surface area contributed by atoms with Gasteiger partial charge in [-0.05, 0) is 50.4 Å². The molecule has 0 bridgehead atoms. The fraction of sp³-hybridized carbons (Fsp3) is 0.867. The van der Waals surface area contributed by atoms with Gasteiger partial charge >= 0.3 is 0 Å². The second kappa shape index (κ2) is 5.84. The van der Waals surface area contributed by atoms with Crippen molar-refractivity contribution in [2.45, 2.75) is 72.4 Å². The van der Waals surface area contributed by atoms with Crippen molar-refractivity contribution >= 4 is 0 Å². The van der Waals surface area contributed by atoms with Crippen molar-refractivity contribution in [2.75, 3.05) is 0 Å². The van der Waals surface area contributed by atoms with Crippen molar-refractivity contribution in [2.24, 2.45) is 11.3 Å². The fourth-order valence-corrected chi connectivity index (χ4v) is 2.97. The highest BCUT2D eigenvalue weighted by atomic mass is 19.1. The van der Waals surface area contributed by atoms with Crippen LogP contribution in [0.1, 0.15) is 66.2 Å². The van der Waals surface area contributed by atoms with Gasteiger partial charge in [0, 0.05) is 0 Å². The van der Waals surface area contributed by atoms with Crippen LogP contribution in [0.5, 0.6) is 0 Å². The average Bonchev–Trinajstić information content (AvgIpc) is 2.24. The van der Waals surface area contributed by atoms with Gasteiger partial charge in [-0.2, -0.15) is 0 Å². The Morgan fingerprint density at radius 2 is 2.19 bits per heavy atom. The number of hydrogen-bond acceptors (Lipinski definition) is 0. The maximum Gasteiger partial charge on any atom is 0.101 e. The summed E-state index contributed by atoms with van der Waals surface area (Å²) in [4.78, 5) is 0. The molecule has 0 aromatic heterocycles. The molecule has 1 heteroatoms. The second-order valence-corrected chi connectivity index (χ2v) is 5.65. The molecule has 0 aromatic rings. The maximum absolute atomic E-state index is 13.7. The van der Waals surface area contributed by atoms with E-state index in [-0.39, 0.29) is 5.41 Å². The van der Waals surface area contributed by atoms with Crippen LogP contribution < -0.4 is 0 Å². The largest absolute Gasteiger partial charge is 0.247 e. The zero-order valence-corrected chi connectivity index (χ0v) is 11.4. The highest BCUT2D eigenvalue weighted by Gasteiger charge is 2.33. The molecule has 94 valence electrons. The molecule has 3 atom stereocenters. The molecule has 1 aliphatic rings. The molecular weight excluding hydrogens is 199 g/mol. The Morgan fingerprint density at radius 3 is 2.69 bits per heavy atom. The van der Waals surface area contributed by atoms with Crippen LogP contribution in [0, 0.1) is 11.3 Å². The Bertz CT molecular complexity index is 244. The predicted octanol–water partition coefficient (Wildman–Crippen LogP) is 5.29. The van der Waals surface area contributed by atoms with E-state index in [1.807, 2.05) is 6.92 Å². The Labute approximate surface area is 100 Å². The molecule has 0 amide bonds. The second-order valence-electron chi connectivity index (χ2n) is 5.65. The Kier molecular flexibility index (Phi) is 5.01. The van der Waals surface area contributed by atoms with Gasteiger partial charge < -0.3 is 0 Å². The van der Waals surface area contributed by atoms with Crippen LogP contribution in [-0.2, 0) is 0 Å². The Hall–Kier alpha value is -0.330. The van der Waals surface area contributed by atoms with Gasteiger partial charge in [-0.15, -0.1) is 0 Å². The Balaban J connectivity index is 2.80. The molecule has 0 saturated heterocycles.